The second-order valence-electron chi connectivity index (χ2n) is 4.47. The van der Waals surface area contributed by atoms with Gasteiger partial charge in [-0.15, -0.1) is 0 Å². The summed E-state index contributed by atoms with van der Waals surface area (Å²) >= 11 is 3.43. The topological polar surface area (TPSA) is 46.2 Å². The Morgan fingerprint density at radius 1 is 1.29 bits per heavy atom. The predicted octanol–water partition coefficient (Wildman–Crippen LogP) is 2.53. The van der Waals surface area contributed by atoms with Gasteiger partial charge in [-0.3, -0.25) is 14.9 Å². The van der Waals surface area contributed by atoms with E-state index in [4.69, 9.17) is 0 Å². The van der Waals surface area contributed by atoms with E-state index in [0.29, 0.717) is 12.8 Å². The van der Waals surface area contributed by atoms with Crippen molar-refractivity contribution in [3.63, 3.8) is 0 Å². The summed E-state index contributed by atoms with van der Waals surface area (Å²) in [6.07, 6.45) is 1.54. The zero-order valence-electron chi connectivity index (χ0n) is 9.63. The van der Waals surface area contributed by atoms with Gasteiger partial charge in [-0.2, -0.15) is 0 Å². The molecular formula is C13H14BrNO2. The molecule has 0 radical (unpaired) electrons. The van der Waals surface area contributed by atoms with E-state index in [1.165, 1.54) is 0 Å². The van der Waals surface area contributed by atoms with Gasteiger partial charge in [0.05, 0.1) is 0 Å². The lowest BCUT2D eigenvalue weighted by atomic mass is 9.71. The van der Waals surface area contributed by atoms with E-state index >= 15 is 0 Å². The van der Waals surface area contributed by atoms with Crippen LogP contribution in [0.1, 0.15) is 31.7 Å². The number of benzene rings is 1. The minimum atomic E-state index is -0.344. The van der Waals surface area contributed by atoms with Gasteiger partial charge in [0.2, 0.25) is 11.8 Å². The molecule has 0 aromatic heterocycles. The monoisotopic (exact) mass is 295 g/mol. The van der Waals surface area contributed by atoms with Crippen LogP contribution in [0.3, 0.4) is 0 Å². The summed E-state index contributed by atoms with van der Waals surface area (Å²) in [7, 11) is 0. The lowest BCUT2D eigenvalue weighted by molar-refractivity contribution is -0.135. The highest BCUT2D eigenvalue weighted by Crippen LogP contribution is 2.38. The van der Waals surface area contributed by atoms with Crippen LogP contribution in [0.25, 0.3) is 0 Å². The van der Waals surface area contributed by atoms with Crippen molar-refractivity contribution in [1.82, 2.24) is 5.32 Å². The summed E-state index contributed by atoms with van der Waals surface area (Å²) in [5.41, 5.74) is 0.709. The molecule has 1 aromatic rings. The number of rotatable bonds is 2. The zero-order chi connectivity index (χ0) is 12.5. The first-order valence-corrected chi connectivity index (χ1v) is 6.44. The number of imide groups is 1. The maximum Gasteiger partial charge on any atom is 0.227 e. The van der Waals surface area contributed by atoms with E-state index in [9.17, 15) is 9.59 Å². The molecule has 0 bridgehead atoms. The van der Waals surface area contributed by atoms with Gasteiger partial charge in [-0.05, 0) is 24.1 Å². The molecule has 3 nitrogen and oxygen atoms in total. The predicted molar refractivity (Wildman–Crippen MR) is 68.5 cm³/mol. The maximum atomic E-state index is 11.6. The van der Waals surface area contributed by atoms with E-state index in [1.807, 2.05) is 31.2 Å². The minimum absolute atomic E-state index is 0.178. The Balaban J connectivity index is 2.43. The lowest BCUT2D eigenvalue weighted by Crippen LogP contribution is -2.46. The third kappa shape index (κ3) is 2.41. The molecule has 4 heteroatoms. The fourth-order valence-corrected chi connectivity index (χ4v) is 2.80. The van der Waals surface area contributed by atoms with Crippen molar-refractivity contribution >= 4 is 27.7 Å². The molecule has 90 valence electrons. The van der Waals surface area contributed by atoms with Gasteiger partial charge < -0.3 is 0 Å². The van der Waals surface area contributed by atoms with Crippen molar-refractivity contribution in [2.24, 2.45) is 0 Å². The van der Waals surface area contributed by atoms with Gasteiger partial charge in [-0.25, -0.2) is 0 Å². The highest BCUT2D eigenvalue weighted by Gasteiger charge is 2.39. The van der Waals surface area contributed by atoms with Crippen molar-refractivity contribution in [3.8, 4) is 0 Å². The van der Waals surface area contributed by atoms with Crippen LogP contribution in [-0.4, -0.2) is 11.8 Å². The molecule has 1 N–H and O–H groups in total. The van der Waals surface area contributed by atoms with Crippen LogP contribution in [0.5, 0.6) is 0 Å². The number of hydrogen-bond acceptors (Lipinski definition) is 2. The lowest BCUT2D eigenvalue weighted by Gasteiger charge is -2.35. The van der Waals surface area contributed by atoms with Gasteiger partial charge in [0.1, 0.15) is 0 Å². The highest BCUT2D eigenvalue weighted by molar-refractivity contribution is 9.10. The van der Waals surface area contributed by atoms with Crippen molar-refractivity contribution in [2.75, 3.05) is 0 Å². The maximum absolute atomic E-state index is 11.6. The average molecular weight is 296 g/mol. The first-order valence-electron chi connectivity index (χ1n) is 5.64. The second-order valence-corrected chi connectivity index (χ2v) is 5.38. The molecule has 1 heterocycles. The van der Waals surface area contributed by atoms with Crippen molar-refractivity contribution < 1.29 is 9.59 Å². The van der Waals surface area contributed by atoms with E-state index < -0.39 is 0 Å². The number of carbonyl (C=O) groups is 2. The Morgan fingerprint density at radius 2 is 1.94 bits per heavy atom. The van der Waals surface area contributed by atoms with Gasteiger partial charge in [-0.1, -0.05) is 35.0 Å². The fourth-order valence-electron chi connectivity index (χ4n) is 2.40. The average Bonchev–Trinajstić information content (AvgIpc) is 2.27. The summed E-state index contributed by atoms with van der Waals surface area (Å²) in [4.78, 5) is 23.1. The molecule has 0 unspecified atom stereocenters. The first-order chi connectivity index (χ1) is 8.05. The molecule has 1 aliphatic heterocycles. The smallest absolute Gasteiger partial charge is 0.227 e. The molecule has 1 fully saturated rings. The Morgan fingerprint density at radius 3 is 2.47 bits per heavy atom. The van der Waals surface area contributed by atoms with Gasteiger partial charge in [0.15, 0.2) is 0 Å². The normalized spacial score (nSPS) is 18.9. The van der Waals surface area contributed by atoms with Crippen molar-refractivity contribution in [1.29, 1.82) is 0 Å². The highest BCUT2D eigenvalue weighted by atomic mass is 79.9. The molecule has 0 atom stereocenters. The van der Waals surface area contributed by atoms with Crippen LogP contribution in [-0.2, 0) is 15.0 Å². The number of nitrogens with one attached hydrogen (secondary N) is 1. The molecular weight excluding hydrogens is 282 g/mol. The minimum Gasteiger partial charge on any atom is -0.296 e. The van der Waals surface area contributed by atoms with Gasteiger partial charge in [0, 0.05) is 22.7 Å². The molecule has 2 rings (SSSR count). The largest absolute Gasteiger partial charge is 0.296 e. The fraction of sp³-hybridized carbons (Fsp3) is 0.385. The summed E-state index contributed by atoms with van der Waals surface area (Å²) < 4.78 is 0.973. The van der Waals surface area contributed by atoms with Crippen LogP contribution in [0.15, 0.2) is 28.7 Å². The van der Waals surface area contributed by atoms with Gasteiger partial charge in [0.25, 0.3) is 0 Å². The van der Waals surface area contributed by atoms with Crippen LogP contribution < -0.4 is 5.32 Å². The molecule has 0 aliphatic carbocycles. The summed E-state index contributed by atoms with van der Waals surface area (Å²) in [5, 5.41) is 2.36. The second kappa shape index (κ2) is 4.61. The Bertz CT molecular complexity index is 454. The number of carbonyl (C=O) groups excluding carboxylic acids is 2. The quantitative estimate of drug-likeness (QED) is 0.852. The number of piperidine rings is 1. The summed E-state index contributed by atoms with van der Waals surface area (Å²) in [6.45, 7) is 2.02. The molecule has 1 saturated heterocycles. The summed E-state index contributed by atoms with van der Waals surface area (Å²) in [6, 6.07) is 7.86. The Kier molecular flexibility index (Phi) is 3.33. The molecule has 0 spiro atoms. The summed E-state index contributed by atoms with van der Waals surface area (Å²) in [5.74, 6) is -0.355. The molecule has 17 heavy (non-hydrogen) atoms. The van der Waals surface area contributed by atoms with E-state index in [-0.39, 0.29) is 17.2 Å². The number of halogens is 1. The van der Waals surface area contributed by atoms with E-state index in [0.717, 1.165) is 16.5 Å². The zero-order valence-corrected chi connectivity index (χ0v) is 11.2. The third-order valence-electron chi connectivity index (χ3n) is 3.39. The van der Waals surface area contributed by atoms with E-state index in [1.54, 1.807) is 0 Å². The standard InChI is InChI=1S/C13H14BrNO2/c1-2-13(7-11(16)15-12(17)8-13)9-4-3-5-10(14)6-9/h3-6H,2,7-8H2,1H3,(H,15,16,17). The number of amides is 2. The van der Waals surface area contributed by atoms with Crippen molar-refractivity contribution in [2.45, 2.75) is 31.6 Å². The SMILES string of the molecule is CCC1(c2cccc(Br)c2)CC(=O)NC(=O)C1. The third-order valence-corrected chi connectivity index (χ3v) is 3.88. The molecule has 1 aromatic carbocycles. The van der Waals surface area contributed by atoms with Crippen molar-refractivity contribution in [3.05, 3.63) is 34.3 Å². The number of hydrogen-bond donors (Lipinski definition) is 1. The Labute approximate surface area is 109 Å². The molecule has 1 aliphatic rings. The molecule has 0 saturated carbocycles. The van der Waals surface area contributed by atoms with Crippen LogP contribution >= 0.6 is 15.9 Å². The molecule has 2 amide bonds. The first kappa shape index (κ1) is 12.3. The van der Waals surface area contributed by atoms with Crippen LogP contribution in [0.4, 0.5) is 0 Å². The van der Waals surface area contributed by atoms with Crippen LogP contribution in [0.2, 0.25) is 0 Å². The Hall–Kier alpha value is -1.16. The van der Waals surface area contributed by atoms with Crippen LogP contribution in [0, 0.1) is 0 Å². The van der Waals surface area contributed by atoms with E-state index in [2.05, 4.69) is 21.2 Å². The van der Waals surface area contributed by atoms with Gasteiger partial charge >= 0.3 is 0 Å².